The molecule has 0 N–H and O–H groups in total. The lowest BCUT2D eigenvalue weighted by Crippen LogP contribution is -2.29. The van der Waals surface area contributed by atoms with E-state index in [9.17, 15) is 0 Å². The van der Waals surface area contributed by atoms with Crippen LogP contribution in [0.3, 0.4) is 0 Å². The molecule has 0 atom stereocenters. The Morgan fingerprint density at radius 2 is 2.08 bits per heavy atom. The minimum absolute atomic E-state index is 0.488. The maximum atomic E-state index is 8.95. The van der Waals surface area contributed by atoms with Crippen molar-refractivity contribution >= 4 is 26.6 Å². The smallest absolute Gasteiger partial charge is 0.141 e. The van der Waals surface area contributed by atoms with Gasteiger partial charge in [0.2, 0.25) is 0 Å². The Kier molecular flexibility index (Phi) is 2.47. The largest absolute Gasteiger partial charge is 0.261 e. The first kappa shape index (κ1) is 9.85. The van der Waals surface area contributed by atoms with E-state index in [-0.39, 0.29) is 0 Å². The van der Waals surface area contributed by atoms with Crippen molar-refractivity contribution in [2.45, 2.75) is 19.3 Å². The quantitative estimate of drug-likeness (QED) is 0.475. The topological polar surface area (TPSA) is 36.7 Å². The minimum atomic E-state index is -0.488. The van der Waals surface area contributed by atoms with Crippen LogP contribution in [0, 0.1) is 11.3 Å². The van der Waals surface area contributed by atoms with Crippen molar-refractivity contribution < 1.29 is 0 Å². The lowest BCUT2D eigenvalue weighted by Gasteiger charge is -2.17. The molecule has 0 aliphatic heterocycles. The highest BCUT2D eigenvalue weighted by atomic mass is 14.7. The first-order chi connectivity index (χ1) is 5.97. The number of hydrogen-bond donors (Lipinski definition) is 0. The second kappa shape index (κ2) is 3.26. The zero-order valence-corrected chi connectivity index (χ0v) is 8.55. The van der Waals surface area contributed by atoms with Crippen molar-refractivity contribution in [3.63, 3.8) is 0 Å². The van der Waals surface area contributed by atoms with Gasteiger partial charge in [0.15, 0.2) is 0 Å². The van der Waals surface area contributed by atoms with Crippen LogP contribution in [0.15, 0.2) is 12.3 Å². The van der Waals surface area contributed by atoms with E-state index in [2.05, 4.69) is 17.1 Å². The lowest BCUT2D eigenvalue weighted by atomic mass is 9.79. The molecule has 0 aromatic carbocycles. The minimum Gasteiger partial charge on any atom is -0.261 e. The summed E-state index contributed by atoms with van der Waals surface area (Å²) in [5.74, 6) is 0. The zero-order valence-electron chi connectivity index (χ0n) is 8.55. The van der Waals surface area contributed by atoms with Gasteiger partial charge in [-0.1, -0.05) is 17.0 Å². The van der Waals surface area contributed by atoms with Crippen molar-refractivity contribution in [1.82, 2.24) is 4.98 Å². The fourth-order valence-corrected chi connectivity index (χ4v) is 1.42. The maximum Gasteiger partial charge on any atom is 0.141 e. The van der Waals surface area contributed by atoms with Gasteiger partial charge < -0.3 is 0 Å². The molecule has 0 fully saturated rings. The normalized spacial score (nSPS) is 10.8. The molecule has 0 bridgehead atoms. The molecule has 0 amide bonds. The number of pyridine rings is 1. The van der Waals surface area contributed by atoms with Gasteiger partial charge in [-0.3, -0.25) is 4.98 Å². The number of rotatable bonds is 1. The van der Waals surface area contributed by atoms with Crippen molar-refractivity contribution in [2.24, 2.45) is 0 Å². The second-order valence-corrected chi connectivity index (χ2v) is 3.91. The number of aromatic nitrogens is 1. The van der Waals surface area contributed by atoms with Crippen LogP contribution >= 0.6 is 0 Å². The fourth-order valence-electron chi connectivity index (χ4n) is 1.42. The molecule has 1 heterocycles. The standard InChI is InChI=1S/C9H12B2N2/c1-9(2,5-12)8-7(11)3-6(10)4-13-8/h3-4H,10-11H2,1-2H3. The van der Waals surface area contributed by atoms with Crippen molar-refractivity contribution in [2.75, 3.05) is 0 Å². The summed E-state index contributed by atoms with van der Waals surface area (Å²) < 4.78 is 0. The lowest BCUT2D eigenvalue weighted by molar-refractivity contribution is 0.665. The summed E-state index contributed by atoms with van der Waals surface area (Å²) in [6.07, 6.45) is 1.81. The average Bonchev–Trinajstić information content (AvgIpc) is 2.03. The molecule has 2 nitrogen and oxygen atoms in total. The molecule has 1 aromatic rings. The molecule has 0 unspecified atom stereocenters. The molecule has 0 radical (unpaired) electrons. The van der Waals surface area contributed by atoms with Gasteiger partial charge in [0.1, 0.15) is 15.7 Å². The first-order valence-corrected chi connectivity index (χ1v) is 4.32. The predicted molar refractivity (Wildman–Crippen MR) is 59.2 cm³/mol. The van der Waals surface area contributed by atoms with Gasteiger partial charge in [0, 0.05) is 6.20 Å². The van der Waals surface area contributed by atoms with Gasteiger partial charge in [-0.25, -0.2) is 0 Å². The van der Waals surface area contributed by atoms with Gasteiger partial charge >= 0.3 is 0 Å². The van der Waals surface area contributed by atoms with E-state index in [4.69, 9.17) is 5.26 Å². The monoisotopic (exact) mass is 170 g/mol. The molecule has 0 spiro atoms. The highest BCUT2D eigenvalue weighted by molar-refractivity contribution is 6.38. The van der Waals surface area contributed by atoms with E-state index in [1.165, 1.54) is 0 Å². The highest BCUT2D eigenvalue weighted by Gasteiger charge is 2.22. The Balaban J connectivity index is 3.26. The van der Waals surface area contributed by atoms with Crippen LogP contribution in [0.2, 0.25) is 0 Å². The van der Waals surface area contributed by atoms with Crippen LogP contribution in [0.5, 0.6) is 0 Å². The van der Waals surface area contributed by atoms with Crippen LogP contribution in [0.4, 0.5) is 0 Å². The Morgan fingerprint density at radius 3 is 2.54 bits per heavy atom. The SMILES string of the molecule is Bc1cnc(C(C)(C)C#N)c(B)c1. The van der Waals surface area contributed by atoms with Crippen molar-refractivity contribution in [1.29, 1.82) is 5.26 Å². The Bertz CT molecular complexity index is 366. The summed E-state index contributed by atoms with van der Waals surface area (Å²) in [7, 11) is 4.00. The van der Waals surface area contributed by atoms with E-state index < -0.39 is 5.41 Å². The van der Waals surface area contributed by atoms with Crippen LogP contribution in [-0.4, -0.2) is 20.7 Å². The predicted octanol–water partition coefficient (Wildman–Crippen LogP) is -1.60. The summed E-state index contributed by atoms with van der Waals surface area (Å²) >= 11 is 0. The van der Waals surface area contributed by atoms with Gasteiger partial charge in [-0.05, 0) is 13.8 Å². The van der Waals surface area contributed by atoms with Gasteiger partial charge in [-0.2, -0.15) is 5.26 Å². The molecule has 0 saturated carbocycles. The molecule has 0 saturated heterocycles. The summed E-state index contributed by atoms with van der Waals surface area (Å²) in [5.41, 5.74) is 2.61. The van der Waals surface area contributed by atoms with Gasteiger partial charge in [0.25, 0.3) is 0 Å². The van der Waals surface area contributed by atoms with Crippen molar-refractivity contribution in [3.05, 3.63) is 18.0 Å². The molecular weight excluding hydrogens is 158 g/mol. The van der Waals surface area contributed by atoms with Gasteiger partial charge in [0.05, 0.1) is 17.2 Å². The molecule has 64 valence electrons. The zero-order chi connectivity index (χ0) is 10.1. The Hall–Kier alpha value is -1.23. The van der Waals surface area contributed by atoms with Crippen molar-refractivity contribution in [3.8, 4) is 6.07 Å². The molecular formula is C9H12B2N2. The summed E-state index contributed by atoms with van der Waals surface area (Å²) in [5, 5.41) is 8.95. The number of nitrogens with zero attached hydrogens (tertiary/aromatic N) is 2. The Morgan fingerprint density at radius 1 is 1.46 bits per heavy atom. The van der Waals surface area contributed by atoms with E-state index in [0.717, 1.165) is 16.6 Å². The van der Waals surface area contributed by atoms with E-state index in [1.54, 1.807) is 6.20 Å². The van der Waals surface area contributed by atoms with Crippen LogP contribution in [0.25, 0.3) is 0 Å². The number of nitriles is 1. The molecule has 13 heavy (non-hydrogen) atoms. The third-order valence-electron chi connectivity index (χ3n) is 2.09. The average molecular weight is 170 g/mol. The molecule has 1 aromatic heterocycles. The summed E-state index contributed by atoms with van der Waals surface area (Å²) in [6.45, 7) is 3.77. The molecule has 1 rings (SSSR count). The van der Waals surface area contributed by atoms with Crippen LogP contribution in [-0.2, 0) is 5.41 Å². The highest BCUT2D eigenvalue weighted by Crippen LogP contribution is 2.16. The molecule has 0 aliphatic rings. The second-order valence-electron chi connectivity index (χ2n) is 3.91. The number of hydrogen-bond acceptors (Lipinski definition) is 2. The molecule has 0 aliphatic carbocycles. The van der Waals surface area contributed by atoms with Gasteiger partial charge in [-0.15, -0.1) is 0 Å². The summed E-state index contributed by atoms with van der Waals surface area (Å²) in [4.78, 5) is 4.30. The first-order valence-electron chi connectivity index (χ1n) is 4.32. The van der Waals surface area contributed by atoms with Crippen LogP contribution < -0.4 is 10.9 Å². The third-order valence-corrected chi connectivity index (χ3v) is 2.09. The third kappa shape index (κ3) is 1.92. The Labute approximate surface area is 80.8 Å². The fraction of sp³-hybridized carbons (Fsp3) is 0.333. The van der Waals surface area contributed by atoms with E-state index in [0.29, 0.717) is 0 Å². The molecule has 4 heteroatoms. The van der Waals surface area contributed by atoms with E-state index in [1.807, 2.05) is 29.5 Å². The maximum absolute atomic E-state index is 8.95. The summed E-state index contributed by atoms with van der Waals surface area (Å²) in [6, 6.07) is 4.31. The van der Waals surface area contributed by atoms with Crippen LogP contribution in [0.1, 0.15) is 19.5 Å². The van der Waals surface area contributed by atoms with E-state index >= 15 is 0 Å².